The number of hydrogen-bond donors (Lipinski definition) is 1. The van der Waals surface area contributed by atoms with Gasteiger partial charge >= 0.3 is 0 Å². The highest BCUT2D eigenvalue weighted by molar-refractivity contribution is 9.10. The largest absolute Gasteiger partial charge is 0.461 e. The number of aromatic nitrogens is 2. The van der Waals surface area contributed by atoms with Crippen molar-refractivity contribution >= 4 is 28.2 Å². The summed E-state index contributed by atoms with van der Waals surface area (Å²) in [5, 5.41) is 0. The number of nitrogens with zero attached hydrogens (tertiary/aromatic N) is 2. The van der Waals surface area contributed by atoms with Gasteiger partial charge in [0.05, 0.1) is 11.9 Å². The first-order chi connectivity index (χ1) is 5.74. The van der Waals surface area contributed by atoms with Gasteiger partial charge in [-0.3, -0.25) is 4.79 Å². The molecule has 0 unspecified atom stereocenters. The third kappa shape index (κ3) is 2.16. The summed E-state index contributed by atoms with van der Waals surface area (Å²) in [4.78, 5) is 17.6. The van der Waals surface area contributed by atoms with E-state index in [9.17, 15) is 4.79 Å². The van der Waals surface area contributed by atoms with Crippen LogP contribution < -0.4 is 5.73 Å². The van der Waals surface area contributed by atoms with Crippen molar-refractivity contribution < 1.29 is 9.53 Å². The van der Waals surface area contributed by atoms with Crippen molar-refractivity contribution in [2.75, 3.05) is 5.73 Å². The molecule has 0 aliphatic carbocycles. The van der Waals surface area contributed by atoms with Crippen LogP contribution in [0.4, 0.5) is 5.82 Å². The molecule has 0 aromatic carbocycles. The van der Waals surface area contributed by atoms with Gasteiger partial charge in [0.2, 0.25) is 0 Å². The molecular weight excluding hydrogens is 226 g/mol. The van der Waals surface area contributed by atoms with E-state index in [-0.39, 0.29) is 6.61 Å². The maximum Gasteiger partial charge on any atom is 0.293 e. The Labute approximate surface area is 77.1 Å². The molecule has 0 saturated carbocycles. The second kappa shape index (κ2) is 4.01. The zero-order valence-corrected chi connectivity index (χ0v) is 7.61. The molecule has 1 rings (SSSR count). The van der Waals surface area contributed by atoms with Crippen LogP contribution in [0.1, 0.15) is 5.69 Å². The van der Waals surface area contributed by atoms with Crippen LogP contribution in [0.5, 0.6) is 0 Å². The van der Waals surface area contributed by atoms with Crippen LogP contribution in [0.25, 0.3) is 0 Å². The molecule has 0 amide bonds. The average molecular weight is 232 g/mol. The Hall–Kier alpha value is -1.17. The van der Waals surface area contributed by atoms with Crippen LogP contribution in [0.3, 0.4) is 0 Å². The van der Waals surface area contributed by atoms with Gasteiger partial charge in [0.1, 0.15) is 11.2 Å². The van der Waals surface area contributed by atoms with Crippen LogP contribution in [-0.2, 0) is 16.1 Å². The summed E-state index contributed by atoms with van der Waals surface area (Å²) in [5.41, 5.74) is 5.93. The highest BCUT2D eigenvalue weighted by Gasteiger charge is 2.00. The van der Waals surface area contributed by atoms with Gasteiger partial charge in [-0.2, -0.15) is 0 Å². The van der Waals surface area contributed by atoms with Crippen molar-refractivity contribution in [2.24, 2.45) is 0 Å². The van der Waals surface area contributed by atoms with Crippen molar-refractivity contribution in [3.05, 3.63) is 16.5 Å². The maximum atomic E-state index is 9.82. The predicted octanol–water partition coefficient (Wildman–Crippen LogP) is 0.494. The number of rotatable bonds is 3. The van der Waals surface area contributed by atoms with E-state index in [1.807, 2.05) is 0 Å². The molecule has 0 spiro atoms. The first-order valence-corrected chi connectivity index (χ1v) is 3.85. The van der Waals surface area contributed by atoms with E-state index >= 15 is 0 Å². The van der Waals surface area contributed by atoms with Crippen LogP contribution in [0, 0.1) is 0 Å². The normalized spacial score (nSPS) is 9.42. The third-order valence-corrected chi connectivity index (χ3v) is 1.69. The van der Waals surface area contributed by atoms with Gasteiger partial charge in [-0.05, 0) is 15.9 Å². The predicted molar refractivity (Wildman–Crippen MR) is 45.0 cm³/mol. The van der Waals surface area contributed by atoms with Crippen LogP contribution in [0.2, 0.25) is 0 Å². The Morgan fingerprint density at radius 1 is 1.75 bits per heavy atom. The lowest BCUT2D eigenvalue weighted by Gasteiger charge is -2.00. The van der Waals surface area contributed by atoms with E-state index in [1.54, 1.807) is 0 Å². The second-order valence-corrected chi connectivity index (χ2v) is 2.70. The molecule has 0 bridgehead atoms. The van der Waals surface area contributed by atoms with Crippen molar-refractivity contribution in [3.63, 3.8) is 0 Å². The number of anilines is 1. The average Bonchev–Trinajstić information content (AvgIpc) is 2.07. The summed E-state index contributed by atoms with van der Waals surface area (Å²) in [6.07, 6.45) is 1.45. The molecule has 6 heteroatoms. The highest BCUT2D eigenvalue weighted by atomic mass is 79.9. The molecule has 0 radical (unpaired) electrons. The molecule has 0 saturated heterocycles. The van der Waals surface area contributed by atoms with Crippen LogP contribution in [-0.4, -0.2) is 16.4 Å². The molecule has 0 fully saturated rings. The summed E-state index contributed by atoms with van der Waals surface area (Å²) >= 11 is 3.10. The van der Waals surface area contributed by atoms with Crippen LogP contribution in [0.15, 0.2) is 10.8 Å². The maximum absolute atomic E-state index is 9.82. The summed E-state index contributed by atoms with van der Waals surface area (Å²) in [5.74, 6) is 0.310. The fourth-order valence-corrected chi connectivity index (χ4v) is 0.929. The van der Waals surface area contributed by atoms with Crippen molar-refractivity contribution in [3.8, 4) is 0 Å². The molecule has 1 aromatic rings. The molecule has 1 heterocycles. The number of carbonyl (C=O) groups is 1. The van der Waals surface area contributed by atoms with E-state index in [0.717, 1.165) is 0 Å². The van der Waals surface area contributed by atoms with Gasteiger partial charge in [0, 0.05) is 0 Å². The number of hydrogen-bond acceptors (Lipinski definition) is 5. The Morgan fingerprint density at radius 3 is 3.08 bits per heavy atom. The van der Waals surface area contributed by atoms with Crippen molar-refractivity contribution in [1.82, 2.24) is 9.97 Å². The summed E-state index contributed by atoms with van der Waals surface area (Å²) < 4.78 is 4.92. The molecule has 5 nitrogen and oxygen atoms in total. The summed E-state index contributed by atoms with van der Waals surface area (Å²) in [6, 6.07) is 0. The molecule has 12 heavy (non-hydrogen) atoms. The Balaban J connectivity index is 2.75. The number of nitrogen functional groups attached to an aromatic ring is 1. The molecule has 0 aliphatic rings. The summed E-state index contributed by atoms with van der Waals surface area (Å²) in [6.45, 7) is 0.460. The Morgan fingerprint density at radius 2 is 2.50 bits per heavy atom. The van der Waals surface area contributed by atoms with E-state index in [1.165, 1.54) is 6.20 Å². The van der Waals surface area contributed by atoms with Gasteiger partial charge < -0.3 is 10.5 Å². The first-order valence-electron chi connectivity index (χ1n) is 3.06. The number of ether oxygens (including phenoxy) is 1. The van der Waals surface area contributed by atoms with Gasteiger partial charge in [-0.1, -0.05) is 0 Å². The molecule has 2 N–H and O–H groups in total. The topological polar surface area (TPSA) is 78.1 Å². The number of carbonyl (C=O) groups excluding carboxylic acids is 1. The number of halogens is 1. The monoisotopic (exact) mass is 231 g/mol. The standard InChI is InChI=1S/C6H6BrN3O2/c7-5-6(8)9-1-4(10-5)2-12-3-11/h1,3H,2H2,(H2,8,9). The van der Waals surface area contributed by atoms with E-state index in [4.69, 9.17) is 5.73 Å². The zero-order chi connectivity index (χ0) is 8.97. The molecule has 64 valence electrons. The minimum atomic E-state index is 0.107. The fourth-order valence-electron chi connectivity index (χ4n) is 0.598. The minimum absolute atomic E-state index is 0.107. The lowest BCUT2D eigenvalue weighted by Crippen LogP contribution is -1.99. The van der Waals surface area contributed by atoms with Crippen LogP contribution >= 0.6 is 15.9 Å². The van der Waals surface area contributed by atoms with Gasteiger partial charge in [0.25, 0.3) is 6.47 Å². The van der Waals surface area contributed by atoms with E-state index < -0.39 is 0 Å². The smallest absolute Gasteiger partial charge is 0.293 e. The highest BCUT2D eigenvalue weighted by Crippen LogP contribution is 2.13. The lowest BCUT2D eigenvalue weighted by molar-refractivity contribution is -0.129. The second-order valence-electron chi connectivity index (χ2n) is 1.94. The molecule has 0 aliphatic heterocycles. The lowest BCUT2D eigenvalue weighted by atomic mass is 10.5. The summed E-state index contributed by atoms with van der Waals surface area (Å²) in [7, 11) is 0. The quantitative estimate of drug-likeness (QED) is 0.767. The zero-order valence-electron chi connectivity index (χ0n) is 6.03. The number of nitrogens with two attached hydrogens (primary N) is 1. The molecule has 1 aromatic heterocycles. The Kier molecular flexibility index (Phi) is 2.98. The fraction of sp³-hybridized carbons (Fsp3) is 0.167. The van der Waals surface area contributed by atoms with E-state index in [0.29, 0.717) is 22.6 Å². The van der Waals surface area contributed by atoms with E-state index in [2.05, 4.69) is 30.6 Å². The third-order valence-electron chi connectivity index (χ3n) is 1.11. The van der Waals surface area contributed by atoms with Crippen molar-refractivity contribution in [1.29, 1.82) is 0 Å². The minimum Gasteiger partial charge on any atom is -0.461 e. The SMILES string of the molecule is Nc1ncc(COC=O)nc1Br. The van der Waals surface area contributed by atoms with Gasteiger partial charge in [-0.25, -0.2) is 9.97 Å². The Bertz CT molecular complexity index is 292. The molecule has 0 atom stereocenters. The van der Waals surface area contributed by atoms with Gasteiger partial charge in [-0.15, -0.1) is 0 Å². The van der Waals surface area contributed by atoms with Crippen molar-refractivity contribution in [2.45, 2.75) is 6.61 Å². The molecular formula is C6H6BrN3O2. The van der Waals surface area contributed by atoms with Gasteiger partial charge in [0.15, 0.2) is 5.82 Å². The first kappa shape index (κ1) is 8.92.